The third-order valence-corrected chi connectivity index (χ3v) is 10.4. The van der Waals surface area contributed by atoms with Crippen molar-refractivity contribution in [3.05, 3.63) is 206 Å². The van der Waals surface area contributed by atoms with Gasteiger partial charge < -0.3 is 9.47 Å². The van der Waals surface area contributed by atoms with E-state index in [9.17, 15) is 0 Å². The molecule has 2 nitrogen and oxygen atoms in total. The summed E-state index contributed by atoms with van der Waals surface area (Å²) in [5, 5.41) is 7.42. The van der Waals surface area contributed by atoms with E-state index in [2.05, 4.69) is 216 Å². The van der Waals surface area contributed by atoms with Gasteiger partial charge in [-0.3, -0.25) is 0 Å². The highest BCUT2D eigenvalue weighted by molar-refractivity contribution is 6.10. The summed E-state index contributed by atoms with van der Waals surface area (Å²) in [4.78, 5) is 2.39. The molecule has 0 N–H and O–H groups in total. The number of benzene rings is 9. The first kappa shape index (κ1) is 30.0. The molecule has 0 unspecified atom stereocenters. The topological polar surface area (TPSA) is 8.17 Å². The number of anilines is 3. The lowest BCUT2D eigenvalue weighted by Crippen LogP contribution is -2.10. The zero-order valence-corrected chi connectivity index (χ0v) is 28.5. The second-order valence-corrected chi connectivity index (χ2v) is 13.4. The molecule has 0 saturated carbocycles. The summed E-state index contributed by atoms with van der Waals surface area (Å²) in [6, 6.07) is 74.7. The Morgan fingerprint density at radius 2 is 0.923 bits per heavy atom. The van der Waals surface area contributed by atoms with Crippen LogP contribution in [0, 0.1) is 0 Å². The SMILES string of the molecule is c1ccc(-n2c3ccccc3c3ccc(-c4ccccc4-c4ccc(N(c5ccc6ccccc6c5)c5cccc6ccccc56)cc4)cc32)cc1. The monoisotopic (exact) mass is 662 g/mol. The van der Waals surface area contributed by atoms with Crippen LogP contribution in [0.4, 0.5) is 17.1 Å². The highest BCUT2D eigenvalue weighted by Crippen LogP contribution is 2.42. The van der Waals surface area contributed by atoms with Crippen LogP contribution in [0.25, 0.3) is 71.3 Å². The second-order valence-electron chi connectivity index (χ2n) is 13.4. The maximum absolute atomic E-state index is 2.39. The van der Waals surface area contributed by atoms with Crippen molar-refractivity contribution in [2.75, 3.05) is 4.90 Å². The molecule has 9 aromatic carbocycles. The first-order chi connectivity index (χ1) is 25.8. The predicted molar refractivity (Wildman–Crippen MR) is 221 cm³/mol. The Morgan fingerprint density at radius 3 is 1.75 bits per heavy atom. The molecule has 0 aliphatic heterocycles. The van der Waals surface area contributed by atoms with Crippen molar-refractivity contribution in [2.24, 2.45) is 0 Å². The van der Waals surface area contributed by atoms with E-state index >= 15 is 0 Å². The van der Waals surface area contributed by atoms with Crippen LogP contribution in [0.1, 0.15) is 0 Å². The lowest BCUT2D eigenvalue weighted by molar-refractivity contribution is 1.18. The number of para-hydroxylation sites is 2. The van der Waals surface area contributed by atoms with E-state index in [1.54, 1.807) is 0 Å². The van der Waals surface area contributed by atoms with Gasteiger partial charge in [-0.2, -0.15) is 0 Å². The number of aromatic nitrogens is 1. The summed E-state index contributed by atoms with van der Waals surface area (Å²) in [5.74, 6) is 0. The number of nitrogens with zero attached hydrogens (tertiary/aromatic N) is 2. The maximum Gasteiger partial charge on any atom is 0.0547 e. The van der Waals surface area contributed by atoms with Crippen LogP contribution in [0.15, 0.2) is 206 Å². The Balaban J connectivity index is 1.10. The molecule has 52 heavy (non-hydrogen) atoms. The van der Waals surface area contributed by atoms with E-state index < -0.39 is 0 Å². The van der Waals surface area contributed by atoms with Crippen molar-refractivity contribution < 1.29 is 0 Å². The van der Waals surface area contributed by atoms with E-state index in [1.165, 1.54) is 65.6 Å². The van der Waals surface area contributed by atoms with E-state index in [0.717, 1.165) is 22.7 Å². The van der Waals surface area contributed by atoms with Crippen molar-refractivity contribution in [1.82, 2.24) is 4.57 Å². The Bertz CT molecular complexity index is 2900. The molecule has 1 aromatic heterocycles. The molecule has 0 saturated heterocycles. The van der Waals surface area contributed by atoms with Gasteiger partial charge in [-0.1, -0.05) is 152 Å². The summed E-state index contributed by atoms with van der Waals surface area (Å²) < 4.78 is 2.39. The van der Waals surface area contributed by atoms with Gasteiger partial charge in [-0.05, 0) is 93.0 Å². The normalized spacial score (nSPS) is 11.5. The smallest absolute Gasteiger partial charge is 0.0547 e. The molecule has 244 valence electrons. The van der Waals surface area contributed by atoms with E-state index in [-0.39, 0.29) is 0 Å². The lowest BCUT2D eigenvalue weighted by Gasteiger charge is -2.27. The molecule has 0 spiro atoms. The maximum atomic E-state index is 2.39. The van der Waals surface area contributed by atoms with Crippen molar-refractivity contribution in [2.45, 2.75) is 0 Å². The average molecular weight is 663 g/mol. The van der Waals surface area contributed by atoms with Crippen LogP contribution in [0.3, 0.4) is 0 Å². The quantitative estimate of drug-likeness (QED) is 0.172. The fourth-order valence-electron chi connectivity index (χ4n) is 7.92. The Morgan fingerprint density at radius 1 is 0.327 bits per heavy atom. The molecule has 10 aromatic rings. The molecule has 2 heteroatoms. The molecule has 10 rings (SSSR count). The number of hydrogen-bond donors (Lipinski definition) is 0. The van der Waals surface area contributed by atoms with Crippen LogP contribution < -0.4 is 4.90 Å². The lowest BCUT2D eigenvalue weighted by atomic mass is 9.93. The van der Waals surface area contributed by atoms with Crippen LogP contribution in [0.5, 0.6) is 0 Å². The van der Waals surface area contributed by atoms with E-state index in [1.807, 2.05) is 0 Å². The molecule has 0 aliphatic rings. The predicted octanol–water partition coefficient (Wildman–Crippen LogP) is 13.9. The zero-order chi connectivity index (χ0) is 34.4. The molecule has 0 atom stereocenters. The van der Waals surface area contributed by atoms with Crippen LogP contribution in [0.2, 0.25) is 0 Å². The van der Waals surface area contributed by atoms with Crippen LogP contribution in [-0.4, -0.2) is 4.57 Å². The zero-order valence-electron chi connectivity index (χ0n) is 28.5. The Labute approximate surface area is 303 Å². The number of hydrogen-bond acceptors (Lipinski definition) is 1. The van der Waals surface area contributed by atoms with Crippen LogP contribution >= 0.6 is 0 Å². The fraction of sp³-hybridized carbons (Fsp3) is 0. The number of rotatable bonds is 6. The molecule has 0 amide bonds. The van der Waals surface area contributed by atoms with Gasteiger partial charge in [0.2, 0.25) is 0 Å². The van der Waals surface area contributed by atoms with Gasteiger partial charge in [-0.15, -0.1) is 0 Å². The van der Waals surface area contributed by atoms with Crippen LogP contribution in [-0.2, 0) is 0 Å². The molecule has 0 fully saturated rings. The van der Waals surface area contributed by atoms with Crippen molar-refractivity contribution in [3.8, 4) is 27.9 Å². The molecule has 0 bridgehead atoms. The van der Waals surface area contributed by atoms with Crippen molar-refractivity contribution in [3.63, 3.8) is 0 Å². The highest BCUT2D eigenvalue weighted by Gasteiger charge is 2.18. The Kier molecular flexibility index (Phi) is 7.18. The molecular weight excluding hydrogens is 629 g/mol. The largest absolute Gasteiger partial charge is 0.310 e. The third kappa shape index (κ3) is 5.04. The minimum atomic E-state index is 1.11. The average Bonchev–Trinajstić information content (AvgIpc) is 3.55. The fourth-order valence-corrected chi connectivity index (χ4v) is 7.92. The highest BCUT2D eigenvalue weighted by atomic mass is 15.1. The Hall–Kier alpha value is -6.90. The minimum absolute atomic E-state index is 1.11. The van der Waals surface area contributed by atoms with Gasteiger partial charge in [0.05, 0.1) is 16.7 Å². The van der Waals surface area contributed by atoms with Gasteiger partial charge in [0.1, 0.15) is 0 Å². The second kappa shape index (κ2) is 12.5. The van der Waals surface area contributed by atoms with Gasteiger partial charge >= 0.3 is 0 Å². The first-order valence-corrected chi connectivity index (χ1v) is 17.9. The summed E-state index contributed by atoms with van der Waals surface area (Å²) in [7, 11) is 0. The summed E-state index contributed by atoms with van der Waals surface area (Å²) in [5.41, 5.74) is 11.8. The van der Waals surface area contributed by atoms with E-state index in [0.29, 0.717) is 0 Å². The summed E-state index contributed by atoms with van der Waals surface area (Å²) >= 11 is 0. The van der Waals surface area contributed by atoms with Crippen molar-refractivity contribution in [1.29, 1.82) is 0 Å². The van der Waals surface area contributed by atoms with Gasteiger partial charge in [0.15, 0.2) is 0 Å². The number of fused-ring (bicyclic) bond motifs is 5. The molecule has 0 radical (unpaired) electrons. The van der Waals surface area contributed by atoms with Gasteiger partial charge in [-0.25, -0.2) is 0 Å². The van der Waals surface area contributed by atoms with Crippen molar-refractivity contribution >= 4 is 60.4 Å². The molecule has 1 heterocycles. The van der Waals surface area contributed by atoms with Gasteiger partial charge in [0, 0.05) is 33.2 Å². The first-order valence-electron chi connectivity index (χ1n) is 17.9. The van der Waals surface area contributed by atoms with E-state index in [4.69, 9.17) is 0 Å². The van der Waals surface area contributed by atoms with Gasteiger partial charge in [0.25, 0.3) is 0 Å². The standard InChI is InChI=1S/C50H34N2/c1-2-17-40(18-3-1)52-49-23-11-10-22-46(49)47-32-28-39(34-50(47)52)44-20-9-8-19-43(44)37-26-29-41(30-27-37)51(42-31-25-35-13-4-5-15-38(35)33-42)48-24-12-16-36-14-6-7-21-45(36)48/h1-34H. The minimum Gasteiger partial charge on any atom is -0.310 e. The molecule has 0 aliphatic carbocycles. The summed E-state index contributed by atoms with van der Waals surface area (Å²) in [6.07, 6.45) is 0. The molecular formula is C50H34N2. The third-order valence-electron chi connectivity index (χ3n) is 10.4. The summed E-state index contributed by atoms with van der Waals surface area (Å²) in [6.45, 7) is 0.